The van der Waals surface area contributed by atoms with E-state index in [1.54, 1.807) is 0 Å². The quantitative estimate of drug-likeness (QED) is 0.733. The Morgan fingerprint density at radius 2 is 2.25 bits per heavy atom. The maximum Gasteiger partial charge on any atom is 0.404 e. The molecule has 0 saturated heterocycles. The molecule has 0 aliphatic carbocycles. The molecule has 0 saturated carbocycles. The number of carboxylic acid groups (broad SMARTS) is 1. The molecule has 90 valence electrons. The second-order valence-electron chi connectivity index (χ2n) is 3.17. The molecule has 0 fully saturated rings. The molecular formula is C7H12N4O4S. The lowest BCUT2D eigenvalue weighted by Gasteiger charge is -2.09. The van der Waals surface area contributed by atoms with Crippen LogP contribution in [0.2, 0.25) is 0 Å². The van der Waals surface area contributed by atoms with Crippen molar-refractivity contribution in [3.05, 3.63) is 18.0 Å². The maximum absolute atomic E-state index is 11.6. The standard InChI is InChI=1S/C7H12N4O4S/c1-10(2)16(14,15)11-5-6(4-9-11)3-8-7(12)13/h4-5,8H,3H2,1-2H3,(H,12,13). The minimum absolute atomic E-state index is 0.0122. The molecule has 0 radical (unpaired) electrons. The van der Waals surface area contributed by atoms with Crippen LogP contribution in [0.1, 0.15) is 5.56 Å². The molecule has 1 rings (SSSR count). The van der Waals surface area contributed by atoms with E-state index in [2.05, 4.69) is 10.4 Å². The Bertz CT molecular complexity index is 478. The molecule has 8 nitrogen and oxygen atoms in total. The van der Waals surface area contributed by atoms with Crippen molar-refractivity contribution >= 4 is 16.3 Å². The van der Waals surface area contributed by atoms with Crippen LogP contribution in [-0.4, -0.2) is 47.2 Å². The van der Waals surface area contributed by atoms with Crippen LogP contribution >= 0.6 is 0 Å². The highest BCUT2D eigenvalue weighted by Gasteiger charge is 2.17. The van der Waals surface area contributed by atoms with Crippen LogP contribution in [0, 0.1) is 0 Å². The molecule has 0 atom stereocenters. The molecule has 0 bridgehead atoms. The summed E-state index contributed by atoms with van der Waals surface area (Å²) in [7, 11) is -0.869. The van der Waals surface area contributed by atoms with E-state index in [9.17, 15) is 13.2 Å². The van der Waals surface area contributed by atoms with Crippen molar-refractivity contribution in [3.63, 3.8) is 0 Å². The van der Waals surface area contributed by atoms with Gasteiger partial charge in [-0.25, -0.2) is 4.79 Å². The minimum atomic E-state index is -3.63. The number of nitrogens with one attached hydrogen (secondary N) is 1. The Labute approximate surface area is 92.7 Å². The van der Waals surface area contributed by atoms with Crippen LogP contribution in [0.25, 0.3) is 0 Å². The van der Waals surface area contributed by atoms with Crippen molar-refractivity contribution in [2.24, 2.45) is 0 Å². The first-order chi connectivity index (χ1) is 7.34. The number of rotatable bonds is 4. The number of carbonyl (C=O) groups is 1. The fraction of sp³-hybridized carbons (Fsp3) is 0.429. The van der Waals surface area contributed by atoms with Gasteiger partial charge in [0.1, 0.15) is 0 Å². The molecule has 1 aromatic rings. The SMILES string of the molecule is CN(C)S(=O)(=O)n1cc(CNC(=O)O)cn1. The van der Waals surface area contributed by atoms with Gasteiger partial charge in [0, 0.05) is 32.4 Å². The summed E-state index contributed by atoms with van der Waals surface area (Å²) in [6.45, 7) is 0.0122. The molecule has 9 heteroatoms. The lowest BCUT2D eigenvalue weighted by atomic mass is 10.4. The third-order valence-corrected chi connectivity index (χ3v) is 3.35. The average Bonchev–Trinajstić information content (AvgIpc) is 2.63. The topological polar surface area (TPSA) is 105 Å². The molecule has 0 aliphatic rings. The second-order valence-corrected chi connectivity index (χ2v) is 5.17. The number of hydrogen-bond donors (Lipinski definition) is 2. The smallest absolute Gasteiger partial charge is 0.404 e. The first-order valence-electron chi connectivity index (χ1n) is 4.27. The molecule has 0 aromatic carbocycles. The van der Waals surface area contributed by atoms with Crippen LogP contribution in [0.4, 0.5) is 4.79 Å². The van der Waals surface area contributed by atoms with Crippen molar-refractivity contribution < 1.29 is 18.3 Å². The summed E-state index contributed by atoms with van der Waals surface area (Å²) < 4.78 is 24.9. The van der Waals surface area contributed by atoms with E-state index in [0.29, 0.717) is 5.56 Å². The highest BCUT2D eigenvalue weighted by atomic mass is 32.2. The highest BCUT2D eigenvalue weighted by Crippen LogP contribution is 2.03. The zero-order valence-corrected chi connectivity index (χ0v) is 9.60. The predicted molar refractivity (Wildman–Crippen MR) is 55.1 cm³/mol. The maximum atomic E-state index is 11.6. The lowest BCUT2D eigenvalue weighted by molar-refractivity contribution is 0.194. The second kappa shape index (κ2) is 4.49. The molecule has 0 aliphatic heterocycles. The first kappa shape index (κ1) is 12.5. The van der Waals surface area contributed by atoms with Gasteiger partial charge in [0.25, 0.3) is 0 Å². The molecule has 0 spiro atoms. The normalized spacial score (nSPS) is 11.7. The molecule has 1 aromatic heterocycles. The molecule has 0 unspecified atom stereocenters. The van der Waals surface area contributed by atoms with E-state index < -0.39 is 16.3 Å². The van der Waals surface area contributed by atoms with Gasteiger partial charge in [-0.2, -0.15) is 21.9 Å². The summed E-state index contributed by atoms with van der Waals surface area (Å²) >= 11 is 0. The van der Waals surface area contributed by atoms with Gasteiger partial charge in [-0.05, 0) is 0 Å². The fourth-order valence-electron chi connectivity index (χ4n) is 0.902. The first-order valence-corrected chi connectivity index (χ1v) is 5.67. The van der Waals surface area contributed by atoms with Crippen LogP contribution in [0.5, 0.6) is 0 Å². The highest BCUT2D eigenvalue weighted by molar-refractivity contribution is 7.87. The Kier molecular flexibility index (Phi) is 3.50. The molecule has 16 heavy (non-hydrogen) atoms. The third-order valence-electron chi connectivity index (χ3n) is 1.76. The van der Waals surface area contributed by atoms with Gasteiger partial charge in [0.05, 0.1) is 6.20 Å². The monoisotopic (exact) mass is 248 g/mol. The average molecular weight is 248 g/mol. The largest absolute Gasteiger partial charge is 0.465 e. The van der Waals surface area contributed by atoms with Crippen molar-refractivity contribution in [1.82, 2.24) is 18.8 Å². The van der Waals surface area contributed by atoms with E-state index >= 15 is 0 Å². The summed E-state index contributed by atoms with van der Waals surface area (Å²) in [5.74, 6) is 0. The van der Waals surface area contributed by atoms with E-state index in [1.807, 2.05) is 0 Å². The lowest BCUT2D eigenvalue weighted by Crippen LogP contribution is -2.29. The van der Waals surface area contributed by atoms with E-state index in [-0.39, 0.29) is 6.54 Å². The summed E-state index contributed by atoms with van der Waals surface area (Å²) in [4.78, 5) is 10.2. The van der Waals surface area contributed by atoms with Crippen molar-refractivity contribution in [3.8, 4) is 0 Å². The zero-order chi connectivity index (χ0) is 12.3. The molecular weight excluding hydrogens is 236 g/mol. The summed E-state index contributed by atoms with van der Waals surface area (Å²) in [5, 5.41) is 14.1. The predicted octanol–water partition coefficient (Wildman–Crippen LogP) is -0.695. The summed E-state index contributed by atoms with van der Waals surface area (Å²) in [5.41, 5.74) is 0.466. The summed E-state index contributed by atoms with van der Waals surface area (Å²) in [6.07, 6.45) is 1.37. The molecule has 2 N–H and O–H groups in total. The van der Waals surface area contributed by atoms with Gasteiger partial charge in [-0.1, -0.05) is 0 Å². The molecule has 1 amide bonds. The van der Waals surface area contributed by atoms with Gasteiger partial charge >= 0.3 is 16.3 Å². The number of aromatic nitrogens is 2. The van der Waals surface area contributed by atoms with Crippen molar-refractivity contribution in [2.75, 3.05) is 14.1 Å². The van der Waals surface area contributed by atoms with Gasteiger partial charge in [0.15, 0.2) is 0 Å². The fourth-order valence-corrected chi connectivity index (χ4v) is 1.67. The van der Waals surface area contributed by atoms with Gasteiger partial charge in [0.2, 0.25) is 0 Å². The third kappa shape index (κ3) is 2.70. The summed E-state index contributed by atoms with van der Waals surface area (Å²) in [6, 6.07) is 0. The Balaban J connectivity index is 2.83. The van der Waals surface area contributed by atoms with Crippen LogP contribution < -0.4 is 5.32 Å². The van der Waals surface area contributed by atoms with E-state index in [0.717, 1.165) is 8.39 Å². The van der Waals surface area contributed by atoms with E-state index in [4.69, 9.17) is 5.11 Å². The Morgan fingerprint density at radius 1 is 1.62 bits per heavy atom. The number of hydrogen-bond acceptors (Lipinski definition) is 4. The van der Waals surface area contributed by atoms with Crippen LogP contribution in [0.3, 0.4) is 0 Å². The molecule has 1 heterocycles. The number of amides is 1. The Hall–Kier alpha value is -1.61. The van der Waals surface area contributed by atoms with E-state index in [1.165, 1.54) is 26.5 Å². The van der Waals surface area contributed by atoms with Crippen LogP contribution in [0.15, 0.2) is 12.4 Å². The van der Waals surface area contributed by atoms with Gasteiger partial charge < -0.3 is 10.4 Å². The minimum Gasteiger partial charge on any atom is -0.465 e. The van der Waals surface area contributed by atoms with Crippen LogP contribution in [-0.2, 0) is 16.8 Å². The van der Waals surface area contributed by atoms with Crippen molar-refractivity contribution in [1.29, 1.82) is 0 Å². The number of nitrogens with zero attached hydrogens (tertiary/aromatic N) is 3. The Morgan fingerprint density at radius 3 is 2.75 bits per heavy atom. The zero-order valence-electron chi connectivity index (χ0n) is 8.78. The van der Waals surface area contributed by atoms with Gasteiger partial charge in [-0.15, -0.1) is 0 Å². The van der Waals surface area contributed by atoms with Crippen molar-refractivity contribution in [2.45, 2.75) is 6.54 Å². The van der Waals surface area contributed by atoms with Gasteiger partial charge in [-0.3, -0.25) is 0 Å².